The molecule has 1 fully saturated rings. The molecule has 0 bridgehead atoms. The van der Waals surface area contributed by atoms with E-state index in [0.717, 1.165) is 11.3 Å². The summed E-state index contributed by atoms with van der Waals surface area (Å²) >= 11 is 0. The molecule has 1 saturated heterocycles. The molecule has 2 aromatic rings. The van der Waals surface area contributed by atoms with Gasteiger partial charge in [-0.25, -0.2) is 9.97 Å². The number of anilines is 1. The third-order valence-electron chi connectivity index (χ3n) is 4.11. The second-order valence-electron chi connectivity index (χ2n) is 5.74. The summed E-state index contributed by atoms with van der Waals surface area (Å²) in [4.78, 5) is 20.3. The monoisotopic (exact) mass is 310 g/mol. The number of amides is 1. The first kappa shape index (κ1) is 15.0. The molecule has 1 aliphatic rings. The highest BCUT2D eigenvalue weighted by molar-refractivity contribution is 5.77. The van der Waals surface area contributed by atoms with Gasteiger partial charge in [0.1, 0.15) is 17.6 Å². The molecule has 23 heavy (non-hydrogen) atoms. The Morgan fingerprint density at radius 2 is 2.30 bits per heavy atom. The molecular formula is C16H18N6O. The van der Waals surface area contributed by atoms with Crippen LogP contribution in [-0.2, 0) is 11.8 Å². The van der Waals surface area contributed by atoms with Crippen LogP contribution < -0.4 is 10.6 Å². The van der Waals surface area contributed by atoms with Gasteiger partial charge in [0.15, 0.2) is 0 Å². The Balaban J connectivity index is 1.86. The van der Waals surface area contributed by atoms with E-state index in [2.05, 4.69) is 26.7 Å². The molecule has 0 unspecified atom stereocenters. The Hall–Kier alpha value is -2.88. The van der Waals surface area contributed by atoms with Crippen LogP contribution in [0.5, 0.6) is 0 Å². The Labute approximate surface area is 134 Å². The van der Waals surface area contributed by atoms with E-state index in [1.807, 2.05) is 30.7 Å². The van der Waals surface area contributed by atoms with Crippen LogP contribution in [0.4, 0.5) is 5.82 Å². The van der Waals surface area contributed by atoms with Crippen LogP contribution in [0.25, 0.3) is 0 Å². The van der Waals surface area contributed by atoms with E-state index in [-0.39, 0.29) is 18.0 Å². The lowest BCUT2D eigenvalue weighted by Crippen LogP contribution is -2.45. The van der Waals surface area contributed by atoms with Crippen molar-refractivity contribution < 1.29 is 4.79 Å². The highest BCUT2D eigenvalue weighted by Crippen LogP contribution is 2.26. The molecule has 0 radical (unpaired) electrons. The molecule has 2 atom stereocenters. The van der Waals surface area contributed by atoms with Gasteiger partial charge in [-0.1, -0.05) is 6.07 Å². The summed E-state index contributed by atoms with van der Waals surface area (Å²) in [6.45, 7) is 1.86. The van der Waals surface area contributed by atoms with E-state index in [9.17, 15) is 4.79 Å². The Bertz CT molecular complexity index is 775. The number of aryl methyl sites for hydroxylation is 2. The molecule has 7 nitrogen and oxygen atoms in total. The zero-order valence-electron chi connectivity index (χ0n) is 13.1. The first-order chi connectivity index (χ1) is 11.1. The van der Waals surface area contributed by atoms with E-state index in [4.69, 9.17) is 5.26 Å². The quantitative estimate of drug-likeness (QED) is 0.894. The van der Waals surface area contributed by atoms with Gasteiger partial charge in [-0.3, -0.25) is 4.79 Å². The summed E-state index contributed by atoms with van der Waals surface area (Å²) in [6.07, 6.45) is 4.63. The van der Waals surface area contributed by atoms with Crippen LogP contribution in [-0.4, -0.2) is 26.5 Å². The average Bonchev–Trinajstić information content (AvgIpc) is 2.97. The number of hydrogen-bond acceptors (Lipinski definition) is 5. The fourth-order valence-electron chi connectivity index (χ4n) is 2.81. The number of aromatic nitrogens is 3. The van der Waals surface area contributed by atoms with Gasteiger partial charge in [-0.05, 0) is 25.0 Å². The fourth-order valence-corrected chi connectivity index (χ4v) is 2.81. The van der Waals surface area contributed by atoms with Gasteiger partial charge < -0.3 is 15.2 Å². The first-order valence-electron chi connectivity index (χ1n) is 7.48. The molecule has 0 spiro atoms. The third kappa shape index (κ3) is 3.01. The Morgan fingerprint density at radius 3 is 3.00 bits per heavy atom. The van der Waals surface area contributed by atoms with E-state index >= 15 is 0 Å². The lowest BCUT2D eigenvalue weighted by molar-refractivity contribution is -0.123. The second kappa shape index (κ2) is 6.08. The minimum atomic E-state index is -0.183. The molecular weight excluding hydrogens is 292 g/mol. The van der Waals surface area contributed by atoms with Crippen molar-refractivity contribution in [3.05, 3.63) is 41.6 Å². The van der Waals surface area contributed by atoms with Crippen molar-refractivity contribution in [1.29, 1.82) is 5.26 Å². The smallest absolute Gasteiger partial charge is 0.220 e. The molecule has 7 heteroatoms. The number of carbonyl (C=O) groups is 1. The number of rotatable bonds is 3. The van der Waals surface area contributed by atoms with E-state index in [1.165, 1.54) is 0 Å². The predicted molar refractivity (Wildman–Crippen MR) is 84.4 cm³/mol. The molecule has 2 aromatic heterocycles. The van der Waals surface area contributed by atoms with Crippen LogP contribution in [0.15, 0.2) is 24.7 Å². The van der Waals surface area contributed by atoms with Crippen molar-refractivity contribution in [1.82, 2.24) is 19.9 Å². The van der Waals surface area contributed by atoms with Crippen molar-refractivity contribution in [3.8, 4) is 6.07 Å². The summed E-state index contributed by atoms with van der Waals surface area (Å²) < 4.78 is 1.90. The highest BCUT2D eigenvalue weighted by atomic mass is 16.1. The topological polar surface area (TPSA) is 95.6 Å². The molecule has 3 heterocycles. The number of piperidine rings is 1. The van der Waals surface area contributed by atoms with Gasteiger partial charge in [0, 0.05) is 13.5 Å². The predicted octanol–water partition coefficient (Wildman–Crippen LogP) is 1.43. The van der Waals surface area contributed by atoms with E-state index in [1.54, 1.807) is 12.5 Å². The van der Waals surface area contributed by atoms with Crippen molar-refractivity contribution in [2.24, 2.45) is 7.05 Å². The van der Waals surface area contributed by atoms with Crippen LogP contribution in [0.2, 0.25) is 0 Å². The Morgan fingerprint density at radius 1 is 1.48 bits per heavy atom. The maximum absolute atomic E-state index is 11.8. The SMILES string of the molecule is Cc1ccc(N[C@@H]2CCC(=O)N[C@H]2c2cncn2C)nc1C#N. The molecule has 0 aromatic carbocycles. The number of hydrogen-bond donors (Lipinski definition) is 2. The Kier molecular flexibility index (Phi) is 3.98. The van der Waals surface area contributed by atoms with Gasteiger partial charge in [-0.2, -0.15) is 5.26 Å². The van der Waals surface area contributed by atoms with E-state index < -0.39 is 0 Å². The number of nitriles is 1. The third-order valence-corrected chi connectivity index (χ3v) is 4.11. The molecule has 0 aliphatic carbocycles. The largest absolute Gasteiger partial charge is 0.365 e. The van der Waals surface area contributed by atoms with Gasteiger partial charge in [0.25, 0.3) is 0 Å². The van der Waals surface area contributed by atoms with Gasteiger partial charge in [0.05, 0.1) is 30.3 Å². The number of imidazole rings is 1. The van der Waals surface area contributed by atoms with Gasteiger partial charge >= 0.3 is 0 Å². The van der Waals surface area contributed by atoms with Crippen molar-refractivity contribution in [2.75, 3.05) is 5.32 Å². The first-order valence-corrected chi connectivity index (χ1v) is 7.48. The minimum absolute atomic E-state index is 0.00940. The van der Waals surface area contributed by atoms with Crippen molar-refractivity contribution >= 4 is 11.7 Å². The average molecular weight is 310 g/mol. The maximum atomic E-state index is 11.8. The molecule has 3 rings (SSSR count). The summed E-state index contributed by atoms with van der Waals surface area (Å²) in [5.74, 6) is 0.671. The summed E-state index contributed by atoms with van der Waals surface area (Å²) in [6, 6.07) is 5.62. The minimum Gasteiger partial charge on any atom is -0.365 e. The standard InChI is InChI=1S/C16H18N6O/c1-10-3-5-14(20-12(10)7-17)19-11-4-6-15(23)21-16(11)13-8-18-9-22(13)2/h3,5,8-9,11,16H,4,6H2,1-2H3,(H,19,20)(H,21,23)/t11-,16-/m1/s1. The van der Waals surface area contributed by atoms with Crippen molar-refractivity contribution in [2.45, 2.75) is 31.8 Å². The number of nitrogens with zero attached hydrogens (tertiary/aromatic N) is 4. The highest BCUT2D eigenvalue weighted by Gasteiger charge is 2.31. The molecule has 118 valence electrons. The van der Waals surface area contributed by atoms with Crippen LogP contribution >= 0.6 is 0 Å². The number of pyridine rings is 1. The second-order valence-corrected chi connectivity index (χ2v) is 5.74. The normalized spacial score (nSPS) is 20.7. The van der Waals surface area contributed by atoms with Crippen LogP contribution in [0.3, 0.4) is 0 Å². The molecule has 1 amide bonds. The lowest BCUT2D eigenvalue weighted by Gasteiger charge is -2.33. The van der Waals surface area contributed by atoms with Gasteiger partial charge in [0.2, 0.25) is 5.91 Å². The zero-order chi connectivity index (χ0) is 16.4. The fraction of sp³-hybridized carbons (Fsp3) is 0.375. The van der Waals surface area contributed by atoms with Crippen LogP contribution in [0.1, 0.15) is 35.8 Å². The number of nitrogens with one attached hydrogen (secondary N) is 2. The van der Waals surface area contributed by atoms with Gasteiger partial charge in [-0.15, -0.1) is 0 Å². The number of carbonyl (C=O) groups excluding carboxylic acids is 1. The van der Waals surface area contributed by atoms with Crippen molar-refractivity contribution in [3.63, 3.8) is 0 Å². The maximum Gasteiger partial charge on any atom is 0.220 e. The molecule has 0 saturated carbocycles. The molecule has 1 aliphatic heterocycles. The van der Waals surface area contributed by atoms with E-state index in [0.29, 0.717) is 24.4 Å². The zero-order valence-corrected chi connectivity index (χ0v) is 13.1. The van der Waals surface area contributed by atoms with Crippen LogP contribution in [0, 0.1) is 18.3 Å². The summed E-state index contributed by atoms with van der Waals surface area (Å²) in [5.41, 5.74) is 2.19. The summed E-state index contributed by atoms with van der Waals surface area (Å²) in [7, 11) is 1.90. The molecule has 2 N–H and O–H groups in total. The lowest BCUT2D eigenvalue weighted by atomic mass is 9.95. The summed E-state index contributed by atoms with van der Waals surface area (Å²) in [5, 5.41) is 15.5.